The van der Waals surface area contributed by atoms with Crippen LogP contribution in [0.5, 0.6) is 0 Å². The quantitative estimate of drug-likeness (QED) is 0.163. The number of benzene rings is 4. The van der Waals surface area contributed by atoms with E-state index >= 15 is 0 Å². The Morgan fingerprint density at radius 3 is 0.500 bits per heavy atom. The van der Waals surface area contributed by atoms with Crippen LogP contribution in [0.4, 0.5) is 0 Å². The van der Waals surface area contributed by atoms with Gasteiger partial charge in [0.1, 0.15) is 0 Å². The molecule has 44 heavy (non-hydrogen) atoms. The smallest absolute Gasteiger partial charge is 0.0136 e. The number of fused-ring (bicyclic) bond motifs is 8. The lowest BCUT2D eigenvalue weighted by Gasteiger charge is -2.24. The van der Waals surface area contributed by atoms with Crippen molar-refractivity contribution in [2.75, 3.05) is 0 Å². The standard InChI is InChI=1S/C40H48S4/c1-37(2,3)25-13-29-21-30(14-25)42-32-16-27(39(7,8)9)18-34(23-32)44-36-20-28(40(10,11)12)19-35(24-36)43-33-17-26(38(4,5)6)15-31(22-33)41-29/h13-24H,1-12H3. The van der Waals surface area contributed by atoms with Crippen molar-refractivity contribution in [2.45, 2.75) is 144 Å². The minimum absolute atomic E-state index is 0.0583. The van der Waals surface area contributed by atoms with Crippen molar-refractivity contribution in [3.8, 4) is 0 Å². The van der Waals surface area contributed by atoms with Crippen LogP contribution in [0, 0.1) is 0 Å². The van der Waals surface area contributed by atoms with Crippen LogP contribution in [0.3, 0.4) is 0 Å². The van der Waals surface area contributed by atoms with Gasteiger partial charge in [-0.1, -0.05) is 130 Å². The van der Waals surface area contributed by atoms with Crippen LogP contribution >= 0.6 is 47.0 Å². The van der Waals surface area contributed by atoms with Crippen LogP contribution in [0.1, 0.15) is 105 Å². The second-order valence-corrected chi connectivity index (χ2v) is 20.8. The maximum atomic E-state index is 2.40. The highest BCUT2D eigenvalue weighted by atomic mass is 32.2. The van der Waals surface area contributed by atoms with Gasteiger partial charge in [0.2, 0.25) is 0 Å². The molecule has 0 saturated carbocycles. The van der Waals surface area contributed by atoms with E-state index in [4.69, 9.17) is 0 Å². The van der Waals surface area contributed by atoms with Crippen LogP contribution in [-0.2, 0) is 21.7 Å². The van der Waals surface area contributed by atoms with Gasteiger partial charge in [-0.3, -0.25) is 0 Å². The number of rotatable bonds is 0. The fraction of sp³-hybridized carbons (Fsp3) is 0.400. The van der Waals surface area contributed by atoms with Crippen molar-refractivity contribution in [3.05, 3.63) is 95.1 Å². The summed E-state index contributed by atoms with van der Waals surface area (Å²) in [4.78, 5) is 10.4. The van der Waals surface area contributed by atoms with Gasteiger partial charge in [0.15, 0.2) is 0 Å². The molecule has 0 aliphatic carbocycles. The van der Waals surface area contributed by atoms with E-state index in [2.05, 4.69) is 156 Å². The molecule has 8 bridgehead atoms. The third-order valence-electron chi connectivity index (χ3n) is 7.93. The highest BCUT2D eigenvalue weighted by molar-refractivity contribution is 8.01. The minimum atomic E-state index is 0.0583. The van der Waals surface area contributed by atoms with Gasteiger partial charge in [-0.05, 0) is 117 Å². The molecule has 1 aliphatic rings. The monoisotopic (exact) mass is 656 g/mol. The normalized spacial score (nSPS) is 14.5. The predicted molar refractivity (Wildman–Crippen MR) is 197 cm³/mol. The van der Waals surface area contributed by atoms with Crippen molar-refractivity contribution in [1.82, 2.24) is 0 Å². The van der Waals surface area contributed by atoms with E-state index < -0.39 is 0 Å². The van der Waals surface area contributed by atoms with E-state index in [0.29, 0.717) is 0 Å². The van der Waals surface area contributed by atoms with Crippen molar-refractivity contribution in [1.29, 1.82) is 0 Å². The molecule has 0 radical (unpaired) electrons. The summed E-state index contributed by atoms with van der Waals surface area (Å²) < 4.78 is 0. The summed E-state index contributed by atoms with van der Waals surface area (Å²) in [5, 5.41) is 0. The van der Waals surface area contributed by atoms with Gasteiger partial charge >= 0.3 is 0 Å². The van der Waals surface area contributed by atoms with Gasteiger partial charge in [0.25, 0.3) is 0 Å². The van der Waals surface area contributed by atoms with Gasteiger partial charge < -0.3 is 0 Å². The lowest BCUT2D eigenvalue weighted by atomic mass is 9.87. The van der Waals surface area contributed by atoms with E-state index in [0.717, 1.165) is 0 Å². The first-order chi connectivity index (χ1) is 20.2. The van der Waals surface area contributed by atoms with E-state index in [1.165, 1.54) is 61.4 Å². The summed E-state index contributed by atoms with van der Waals surface area (Å²) >= 11 is 7.58. The maximum absolute atomic E-state index is 2.40. The molecule has 232 valence electrons. The topological polar surface area (TPSA) is 0 Å². The van der Waals surface area contributed by atoms with Gasteiger partial charge in [0, 0.05) is 39.2 Å². The zero-order chi connectivity index (χ0) is 32.2. The molecule has 0 atom stereocenters. The first kappa shape index (κ1) is 33.6. The van der Waals surface area contributed by atoms with Gasteiger partial charge in [0.05, 0.1) is 0 Å². The van der Waals surface area contributed by atoms with Crippen LogP contribution in [-0.4, -0.2) is 0 Å². The molecule has 0 saturated heterocycles. The Labute approximate surface area is 284 Å². The number of hydrogen-bond donors (Lipinski definition) is 0. The molecule has 0 aromatic heterocycles. The Bertz CT molecular complexity index is 1350. The summed E-state index contributed by atoms with van der Waals surface area (Å²) in [5.41, 5.74) is 5.73. The van der Waals surface area contributed by atoms with Crippen LogP contribution in [0.2, 0.25) is 0 Å². The van der Waals surface area contributed by atoms with Gasteiger partial charge in [-0.15, -0.1) is 0 Å². The summed E-state index contributed by atoms with van der Waals surface area (Å²) in [5.74, 6) is 0. The Morgan fingerprint density at radius 1 is 0.250 bits per heavy atom. The predicted octanol–water partition coefficient (Wildman–Crippen LogP) is 13.8. The molecule has 4 aromatic carbocycles. The molecule has 4 heteroatoms. The van der Waals surface area contributed by atoms with Crippen molar-refractivity contribution >= 4 is 47.0 Å². The van der Waals surface area contributed by atoms with E-state index in [-0.39, 0.29) is 21.7 Å². The first-order valence-corrected chi connectivity index (χ1v) is 18.8. The second-order valence-electron chi connectivity index (χ2n) is 16.2. The molecular weight excluding hydrogens is 609 g/mol. The maximum Gasteiger partial charge on any atom is 0.0136 e. The molecule has 0 unspecified atom stereocenters. The summed E-state index contributed by atoms with van der Waals surface area (Å²) in [6, 6.07) is 28.8. The van der Waals surface area contributed by atoms with Gasteiger partial charge in [-0.2, -0.15) is 0 Å². The first-order valence-electron chi connectivity index (χ1n) is 15.6. The Kier molecular flexibility index (Phi) is 9.28. The third kappa shape index (κ3) is 8.35. The van der Waals surface area contributed by atoms with Crippen molar-refractivity contribution < 1.29 is 0 Å². The van der Waals surface area contributed by atoms with Crippen molar-refractivity contribution in [2.24, 2.45) is 0 Å². The molecule has 0 N–H and O–H groups in total. The molecule has 0 amide bonds. The summed E-state index contributed by atoms with van der Waals surface area (Å²) in [7, 11) is 0. The van der Waals surface area contributed by atoms with Crippen LogP contribution in [0.25, 0.3) is 0 Å². The van der Waals surface area contributed by atoms with E-state index in [9.17, 15) is 0 Å². The second kappa shape index (κ2) is 12.1. The molecule has 1 heterocycles. The van der Waals surface area contributed by atoms with Crippen LogP contribution < -0.4 is 0 Å². The molecule has 5 rings (SSSR count). The van der Waals surface area contributed by atoms with E-state index in [1.807, 2.05) is 47.0 Å². The number of hydrogen-bond acceptors (Lipinski definition) is 4. The highest BCUT2D eigenvalue weighted by Crippen LogP contribution is 2.45. The lowest BCUT2D eigenvalue weighted by molar-refractivity contribution is 0.586. The molecule has 0 fully saturated rings. The Hall–Kier alpha value is -1.72. The molecular formula is C40H48S4. The summed E-state index contributed by atoms with van der Waals surface area (Å²) in [6.45, 7) is 27.8. The van der Waals surface area contributed by atoms with E-state index in [1.54, 1.807) is 0 Å². The largest absolute Gasteiger partial charge is 0.0900 e. The fourth-order valence-corrected chi connectivity index (χ4v) is 9.40. The van der Waals surface area contributed by atoms with Crippen LogP contribution in [0.15, 0.2) is 112 Å². The molecule has 1 aliphatic heterocycles. The average molecular weight is 657 g/mol. The fourth-order valence-electron chi connectivity index (χ4n) is 5.03. The zero-order valence-electron chi connectivity index (χ0n) is 28.6. The Balaban J connectivity index is 1.76. The lowest BCUT2D eigenvalue weighted by Crippen LogP contribution is -2.12. The molecule has 4 aromatic rings. The average Bonchev–Trinajstić information content (AvgIpc) is 2.85. The Morgan fingerprint density at radius 2 is 0.386 bits per heavy atom. The summed E-state index contributed by atoms with van der Waals surface area (Å²) in [6.07, 6.45) is 0. The third-order valence-corrected chi connectivity index (χ3v) is 11.7. The van der Waals surface area contributed by atoms with Gasteiger partial charge in [-0.25, -0.2) is 0 Å². The molecule has 0 spiro atoms. The minimum Gasteiger partial charge on any atom is -0.0900 e. The van der Waals surface area contributed by atoms with Crippen molar-refractivity contribution in [3.63, 3.8) is 0 Å². The zero-order valence-corrected chi connectivity index (χ0v) is 31.8. The SMILES string of the molecule is CC(C)(C)c1cc2cc(c1)Sc1cc(cc(C(C)(C)C)c1)Sc1cc(cc(C(C)(C)C)c1)Sc1cc(cc(C(C)(C)C)c1)S2. The molecule has 0 nitrogen and oxygen atoms in total. The highest BCUT2D eigenvalue weighted by Gasteiger charge is 2.22.